The molecule has 0 heterocycles. The molecule has 0 aliphatic carbocycles. The molecule has 1 rings (SSSR count). The van der Waals surface area contributed by atoms with Crippen molar-refractivity contribution < 1.29 is 4.74 Å². The lowest BCUT2D eigenvalue weighted by atomic mass is 10.1. The molecule has 0 aromatic heterocycles. The van der Waals surface area contributed by atoms with Crippen molar-refractivity contribution in [3.8, 4) is 5.75 Å². The molecule has 1 N–H and O–H groups in total. The molecule has 19 heavy (non-hydrogen) atoms. The van der Waals surface area contributed by atoms with E-state index < -0.39 is 0 Å². The van der Waals surface area contributed by atoms with Gasteiger partial charge in [0.05, 0.1) is 7.11 Å². The third kappa shape index (κ3) is 6.08. The molecule has 3 heteroatoms. The van der Waals surface area contributed by atoms with Crippen LogP contribution in [0.1, 0.15) is 25.0 Å². The molecule has 0 bridgehead atoms. The van der Waals surface area contributed by atoms with E-state index >= 15 is 0 Å². The molecular formula is C16H28N2O. The Balaban J connectivity index is 2.43. The fourth-order valence-corrected chi connectivity index (χ4v) is 2.06. The summed E-state index contributed by atoms with van der Waals surface area (Å²) in [7, 11) is 3.89. The number of likely N-dealkylation sites (N-methyl/N-ethyl adjacent to an activating group) is 1. The lowest BCUT2D eigenvalue weighted by Gasteiger charge is -2.19. The van der Waals surface area contributed by atoms with Gasteiger partial charge in [0, 0.05) is 25.2 Å². The second-order valence-corrected chi connectivity index (χ2v) is 5.65. The number of ether oxygens (including phenoxy) is 1. The minimum absolute atomic E-state index is 0.710. The number of nitrogens with one attached hydrogen (secondary N) is 1. The van der Waals surface area contributed by atoms with Gasteiger partial charge in [-0.3, -0.25) is 0 Å². The third-order valence-corrected chi connectivity index (χ3v) is 3.10. The average Bonchev–Trinajstić information content (AvgIpc) is 2.35. The zero-order valence-corrected chi connectivity index (χ0v) is 13.0. The minimum Gasteiger partial charge on any atom is -0.496 e. The van der Waals surface area contributed by atoms with Crippen molar-refractivity contribution in [3.63, 3.8) is 0 Å². The summed E-state index contributed by atoms with van der Waals surface area (Å²) < 4.78 is 5.42. The van der Waals surface area contributed by atoms with E-state index in [9.17, 15) is 0 Å². The first-order chi connectivity index (χ1) is 9.02. The first-order valence-electron chi connectivity index (χ1n) is 7.05. The maximum atomic E-state index is 5.42. The number of aryl methyl sites for hydroxylation is 1. The Kier molecular flexibility index (Phi) is 6.89. The number of benzene rings is 1. The first kappa shape index (κ1) is 16.0. The summed E-state index contributed by atoms with van der Waals surface area (Å²) in [6, 6.07) is 6.35. The van der Waals surface area contributed by atoms with Crippen LogP contribution in [0.15, 0.2) is 18.2 Å². The number of nitrogens with zero attached hydrogens (tertiary/aromatic N) is 1. The van der Waals surface area contributed by atoms with Crippen LogP contribution >= 0.6 is 0 Å². The van der Waals surface area contributed by atoms with Gasteiger partial charge < -0.3 is 15.0 Å². The van der Waals surface area contributed by atoms with Gasteiger partial charge in [0.1, 0.15) is 5.75 Å². The Bertz CT molecular complexity index is 377. The highest BCUT2D eigenvalue weighted by atomic mass is 16.5. The van der Waals surface area contributed by atoms with E-state index in [0.29, 0.717) is 5.92 Å². The van der Waals surface area contributed by atoms with Crippen molar-refractivity contribution in [2.24, 2.45) is 5.92 Å². The molecule has 0 unspecified atom stereocenters. The Labute approximate surface area is 118 Å². The van der Waals surface area contributed by atoms with Crippen LogP contribution < -0.4 is 10.1 Å². The molecular weight excluding hydrogens is 236 g/mol. The summed E-state index contributed by atoms with van der Waals surface area (Å²) in [6.45, 7) is 10.7. The standard InChI is InChI=1S/C16H28N2O/c1-13(2)11-17-8-9-18(4)12-15-10-14(3)6-7-16(15)19-5/h6-7,10,13,17H,8-9,11-12H2,1-5H3. The van der Waals surface area contributed by atoms with Crippen LogP contribution in [0.2, 0.25) is 0 Å². The zero-order chi connectivity index (χ0) is 14.3. The lowest BCUT2D eigenvalue weighted by molar-refractivity contribution is 0.313. The van der Waals surface area contributed by atoms with Crippen molar-refractivity contribution in [3.05, 3.63) is 29.3 Å². The van der Waals surface area contributed by atoms with E-state index in [1.165, 1.54) is 11.1 Å². The topological polar surface area (TPSA) is 24.5 Å². The van der Waals surface area contributed by atoms with E-state index in [1.807, 2.05) is 0 Å². The molecule has 1 aromatic rings. The van der Waals surface area contributed by atoms with Crippen LogP contribution in [0, 0.1) is 12.8 Å². The maximum absolute atomic E-state index is 5.42. The Hall–Kier alpha value is -1.06. The largest absolute Gasteiger partial charge is 0.496 e. The van der Waals surface area contributed by atoms with Crippen molar-refractivity contribution >= 4 is 0 Å². The summed E-state index contributed by atoms with van der Waals surface area (Å²) in [4.78, 5) is 2.32. The van der Waals surface area contributed by atoms with Gasteiger partial charge in [-0.25, -0.2) is 0 Å². The van der Waals surface area contributed by atoms with Crippen molar-refractivity contribution in [2.75, 3.05) is 33.8 Å². The second kappa shape index (κ2) is 8.18. The molecule has 0 atom stereocenters. The number of hydrogen-bond donors (Lipinski definition) is 1. The van der Waals surface area contributed by atoms with E-state index in [1.54, 1.807) is 7.11 Å². The van der Waals surface area contributed by atoms with Gasteiger partial charge >= 0.3 is 0 Å². The maximum Gasteiger partial charge on any atom is 0.123 e. The van der Waals surface area contributed by atoms with E-state index in [-0.39, 0.29) is 0 Å². The Morgan fingerprint density at radius 1 is 1.32 bits per heavy atom. The van der Waals surface area contributed by atoms with Gasteiger partial charge in [-0.1, -0.05) is 31.5 Å². The monoisotopic (exact) mass is 264 g/mol. The van der Waals surface area contributed by atoms with Crippen LogP contribution in [-0.4, -0.2) is 38.7 Å². The highest BCUT2D eigenvalue weighted by Crippen LogP contribution is 2.20. The van der Waals surface area contributed by atoms with Gasteiger partial charge in [0.25, 0.3) is 0 Å². The molecule has 0 fully saturated rings. The summed E-state index contributed by atoms with van der Waals surface area (Å²) in [5, 5.41) is 3.47. The minimum atomic E-state index is 0.710. The molecule has 3 nitrogen and oxygen atoms in total. The van der Waals surface area contributed by atoms with E-state index in [0.717, 1.165) is 31.9 Å². The molecule has 0 saturated heterocycles. The van der Waals surface area contributed by atoms with Crippen molar-refractivity contribution in [2.45, 2.75) is 27.3 Å². The Morgan fingerprint density at radius 2 is 2.05 bits per heavy atom. The van der Waals surface area contributed by atoms with Gasteiger partial charge in [-0.05, 0) is 32.5 Å². The van der Waals surface area contributed by atoms with Gasteiger partial charge in [0.15, 0.2) is 0 Å². The SMILES string of the molecule is COc1ccc(C)cc1CN(C)CCNCC(C)C. The van der Waals surface area contributed by atoms with Gasteiger partial charge in [-0.2, -0.15) is 0 Å². The average molecular weight is 264 g/mol. The van der Waals surface area contributed by atoms with E-state index in [2.05, 4.69) is 56.2 Å². The Morgan fingerprint density at radius 3 is 2.68 bits per heavy atom. The molecule has 0 spiro atoms. The van der Waals surface area contributed by atoms with Crippen molar-refractivity contribution in [1.29, 1.82) is 0 Å². The quantitative estimate of drug-likeness (QED) is 0.731. The molecule has 0 radical (unpaired) electrons. The van der Waals surface area contributed by atoms with Crippen molar-refractivity contribution in [1.82, 2.24) is 10.2 Å². The van der Waals surface area contributed by atoms with Crippen LogP contribution in [0.3, 0.4) is 0 Å². The summed E-state index contributed by atoms with van der Waals surface area (Å²) in [5.74, 6) is 1.69. The van der Waals surface area contributed by atoms with Crippen LogP contribution in [-0.2, 0) is 6.54 Å². The van der Waals surface area contributed by atoms with Gasteiger partial charge in [-0.15, -0.1) is 0 Å². The highest BCUT2D eigenvalue weighted by Gasteiger charge is 2.06. The normalized spacial score (nSPS) is 11.3. The smallest absolute Gasteiger partial charge is 0.123 e. The predicted octanol–water partition coefficient (Wildman–Crippen LogP) is 2.68. The zero-order valence-electron chi connectivity index (χ0n) is 13.0. The van der Waals surface area contributed by atoms with Crippen LogP contribution in [0.4, 0.5) is 0 Å². The number of methoxy groups -OCH3 is 1. The fourth-order valence-electron chi connectivity index (χ4n) is 2.06. The fraction of sp³-hybridized carbons (Fsp3) is 0.625. The number of hydrogen-bond acceptors (Lipinski definition) is 3. The second-order valence-electron chi connectivity index (χ2n) is 5.65. The molecule has 0 amide bonds. The van der Waals surface area contributed by atoms with E-state index in [4.69, 9.17) is 4.74 Å². The molecule has 1 aromatic carbocycles. The highest BCUT2D eigenvalue weighted by molar-refractivity contribution is 5.36. The summed E-state index contributed by atoms with van der Waals surface area (Å²) in [6.07, 6.45) is 0. The van der Waals surface area contributed by atoms with Crippen LogP contribution in [0.5, 0.6) is 5.75 Å². The lowest BCUT2D eigenvalue weighted by Crippen LogP contribution is -2.31. The van der Waals surface area contributed by atoms with Gasteiger partial charge in [0.2, 0.25) is 0 Å². The molecule has 0 saturated carbocycles. The predicted molar refractivity (Wildman–Crippen MR) is 81.8 cm³/mol. The molecule has 108 valence electrons. The first-order valence-corrected chi connectivity index (χ1v) is 7.05. The van der Waals surface area contributed by atoms with Crippen LogP contribution in [0.25, 0.3) is 0 Å². The molecule has 0 aliphatic heterocycles. The number of rotatable bonds is 8. The summed E-state index contributed by atoms with van der Waals surface area (Å²) >= 11 is 0. The summed E-state index contributed by atoms with van der Waals surface area (Å²) in [5.41, 5.74) is 2.54. The third-order valence-electron chi connectivity index (χ3n) is 3.10. The molecule has 0 aliphatic rings.